The van der Waals surface area contributed by atoms with E-state index < -0.39 is 0 Å². The Morgan fingerprint density at radius 1 is 1.18 bits per heavy atom. The number of anilines is 1. The molecule has 0 saturated heterocycles. The van der Waals surface area contributed by atoms with Crippen LogP contribution >= 0.6 is 0 Å². The lowest BCUT2D eigenvalue weighted by molar-refractivity contribution is 0.459. The number of benzene rings is 1. The number of aromatic hydroxyl groups is 2. The molecule has 0 fully saturated rings. The summed E-state index contributed by atoms with van der Waals surface area (Å²) in [5.41, 5.74) is 1.51. The maximum atomic E-state index is 9.30. The summed E-state index contributed by atoms with van der Waals surface area (Å²) in [4.78, 5) is 0. The van der Waals surface area contributed by atoms with E-state index in [2.05, 4.69) is 5.32 Å². The van der Waals surface area contributed by atoms with E-state index in [1.54, 1.807) is 0 Å². The van der Waals surface area contributed by atoms with Gasteiger partial charge in [0.2, 0.25) is 0 Å². The molecule has 1 aliphatic rings. The molecule has 0 aromatic heterocycles. The highest BCUT2D eigenvalue weighted by molar-refractivity contribution is 5.68. The van der Waals surface area contributed by atoms with Gasteiger partial charge in [-0.2, -0.15) is 0 Å². The summed E-state index contributed by atoms with van der Waals surface area (Å²) in [6, 6.07) is 3.01. The van der Waals surface area contributed by atoms with Crippen molar-refractivity contribution in [2.45, 2.75) is 6.42 Å². The van der Waals surface area contributed by atoms with Gasteiger partial charge in [-0.05, 0) is 18.6 Å². The van der Waals surface area contributed by atoms with Crippen molar-refractivity contribution in [2.75, 3.05) is 11.9 Å². The van der Waals surface area contributed by atoms with Gasteiger partial charge < -0.3 is 15.5 Å². The second-order valence-electron chi connectivity index (χ2n) is 2.63. The molecule has 58 valence electrons. The van der Waals surface area contributed by atoms with Crippen LogP contribution in [0, 0.1) is 0 Å². The molecule has 1 aliphatic heterocycles. The zero-order chi connectivity index (χ0) is 7.84. The van der Waals surface area contributed by atoms with Crippen LogP contribution in [0.4, 0.5) is 5.69 Å². The molecule has 3 N–H and O–H groups in total. The highest BCUT2D eigenvalue weighted by atomic mass is 16.3. The molecule has 0 radical (unpaired) electrons. The average Bonchev–Trinajstić information content (AvgIpc) is 2.45. The van der Waals surface area contributed by atoms with Gasteiger partial charge in [0, 0.05) is 12.1 Å². The number of phenols is 2. The molecule has 0 bridgehead atoms. The lowest BCUT2D eigenvalue weighted by atomic mass is 10.1. The first kappa shape index (κ1) is 6.34. The minimum absolute atomic E-state index is 0.218. The molecule has 0 saturated carbocycles. The second-order valence-corrected chi connectivity index (χ2v) is 2.63. The van der Waals surface area contributed by atoms with Crippen molar-refractivity contribution in [3.05, 3.63) is 17.7 Å². The smallest absolute Gasteiger partial charge is 0.139 e. The molecule has 0 spiro atoms. The molecule has 3 heteroatoms. The fourth-order valence-electron chi connectivity index (χ4n) is 1.39. The highest BCUT2D eigenvalue weighted by Crippen LogP contribution is 2.37. The number of phenolic OH excluding ortho intramolecular Hbond substituents is 2. The van der Waals surface area contributed by atoms with E-state index in [4.69, 9.17) is 0 Å². The van der Waals surface area contributed by atoms with Crippen LogP contribution in [0.15, 0.2) is 12.1 Å². The first-order valence-electron chi connectivity index (χ1n) is 3.57. The van der Waals surface area contributed by atoms with E-state index in [1.165, 1.54) is 12.1 Å². The Hall–Kier alpha value is -1.38. The largest absolute Gasteiger partial charge is 0.508 e. The summed E-state index contributed by atoms with van der Waals surface area (Å²) in [5.74, 6) is 0.484. The highest BCUT2D eigenvalue weighted by Gasteiger charge is 2.16. The third kappa shape index (κ3) is 0.808. The third-order valence-electron chi connectivity index (χ3n) is 1.94. The van der Waals surface area contributed by atoms with Crippen LogP contribution in [0.3, 0.4) is 0 Å². The van der Waals surface area contributed by atoms with E-state index in [0.717, 1.165) is 18.5 Å². The molecule has 1 aromatic rings. The lowest BCUT2D eigenvalue weighted by Crippen LogP contribution is -1.90. The maximum Gasteiger partial charge on any atom is 0.139 e. The summed E-state index contributed by atoms with van der Waals surface area (Å²) in [6.07, 6.45) is 0.787. The standard InChI is InChI=1S/C8H9NO2/c10-6-1-2-7(11)8-5(6)3-4-9-8/h1-2,9-11H,3-4H2. The van der Waals surface area contributed by atoms with Crippen molar-refractivity contribution in [3.63, 3.8) is 0 Å². The Labute approximate surface area is 64.3 Å². The van der Waals surface area contributed by atoms with Crippen LogP contribution in [0.5, 0.6) is 11.5 Å². The van der Waals surface area contributed by atoms with Crippen LogP contribution in [-0.2, 0) is 6.42 Å². The minimum atomic E-state index is 0.218. The van der Waals surface area contributed by atoms with E-state index in [1.807, 2.05) is 0 Å². The molecule has 1 aromatic carbocycles. The zero-order valence-corrected chi connectivity index (χ0v) is 5.96. The third-order valence-corrected chi connectivity index (χ3v) is 1.94. The van der Waals surface area contributed by atoms with Crippen LogP contribution in [-0.4, -0.2) is 16.8 Å². The van der Waals surface area contributed by atoms with Gasteiger partial charge in [0.15, 0.2) is 0 Å². The number of hydrogen-bond donors (Lipinski definition) is 3. The van der Waals surface area contributed by atoms with Crippen molar-refractivity contribution in [3.8, 4) is 11.5 Å². The number of fused-ring (bicyclic) bond motifs is 1. The van der Waals surface area contributed by atoms with Crippen LogP contribution in [0.2, 0.25) is 0 Å². The Bertz CT molecular complexity index is 267. The van der Waals surface area contributed by atoms with Crippen molar-refractivity contribution in [2.24, 2.45) is 0 Å². The molecular weight excluding hydrogens is 142 g/mol. The lowest BCUT2D eigenvalue weighted by Gasteiger charge is -2.03. The molecule has 2 rings (SSSR count). The van der Waals surface area contributed by atoms with Crippen LogP contribution in [0.25, 0.3) is 0 Å². The molecule has 3 nitrogen and oxygen atoms in total. The molecule has 0 aliphatic carbocycles. The SMILES string of the molecule is Oc1ccc(O)c2c1CCN2. The maximum absolute atomic E-state index is 9.30. The summed E-state index contributed by atoms with van der Waals surface area (Å²) in [7, 11) is 0. The molecule has 0 amide bonds. The van der Waals surface area contributed by atoms with Gasteiger partial charge in [0.1, 0.15) is 11.5 Å². The van der Waals surface area contributed by atoms with Gasteiger partial charge in [-0.3, -0.25) is 0 Å². The molecule has 11 heavy (non-hydrogen) atoms. The Morgan fingerprint density at radius 2 is 1.91 bits per heavy atom. The fourth-order valence-corrected chi connectivity index (χ4v) is 1.39. The average molecular weight is 151 g/mol. The van der Waals surface area contributed by atoms with Crippen molar-refractivity contribution in [1.82, 2.24) is 0 Å². The quantitative estimate of drug-likeness (QED) is 0.384. The number of hydrogen-bond acceptors (Lipinski definition) is 3. The fraction of sp³-hybridized carbons (Fsp3) is 0.250. The molecule has 0 atom stereocenters. The van der Waals surface area contributed by atoms with Gasteiger partial charge in [0.25, 0.3) is 0 Å². The summed E-state index contributed by atoms with van der Waals surface area (Å²) < 4.78 is 0. The van der Waals surface area contributed by atoms with Gasteiger partial charge in [-0.1, -0.05) is 0 Å². The van der Waals surface area contributed by atoms with Gasteiger partial charge >= 0.3 is 0 Å². The Kier molecular flexibility index (Phi) is 1.18. The predicted molar refractivity (Wildman–Crippen MR) is 42.0 cm³/mol. The van der Waals surface area contributed by atoms with Crippen molar-refractivity contribution >= 4 is 5.69 Å². The molecule has 1 heterocycles. The Morgan fingerprint density at radius 3 is 2.64 bits per heavy atom. The van der Waals surface area contributed by atoms with Crippen molar-refractivity contribution < 1.29 is 10.2 Å². The normalized spacial score (nSPS) is 14.2. The van der Waals surface area contributed by atoms with E-state index >= 15 is 0 Å². The summed E-state index contributed by atoms with van der Waals surface area (Å²) in [5, 5.41) is 21.6. The van der Waals surface area contributed by atoms with E-state index in [9.17, 15) is 10.2 Å². The number of rotatable bonds is 0. The Balaban J connectivity index is 2.64. The first-order valence-corrected chi connectivity index (χ1v) is 3.57. The number of nitrogens with one attached hydrogen (secondary N) is 1. The van der Waals surface area contributed by atoms with E-state index in [0.29, 0.717) is 5.69 Å². The first-order chi connectivity index (χ1) is 5.29. The van der Waals surface area contributed by atoms with Crippen LogP contribution in [0.1, 0.15) is 5.56 Å². The monoisotopic (exact) mass is 151 g/mol. The summed E-state index contributed by atoms with van der Waals surface area (Å²) in [6.45, 7) is 0.792. The van der Waals surface area contributed by atoms with Gasteiger partial charge in [0.05, 0.1) is 5.69 Å². The predicted octanol–water partition coefficient (Wildman–Crippen LogP) is 1.07. The van der Waals surface area contributed by atoms with E-state index in [-0.39, 0.29) is 11.5 Å². The molecular formula is C8H9NO2. The van der Waals surface area contributed by atoms with Crippen molar-refractivity contribution in [1.29, 1.82) is 0 Å². The minimum Gasteiger partial charge on any atom is -0.508 e. The van der Waals surface area contributed by atoms with Crippen LogP contribution < -0.4 is 5.32 Å². The second kappa shape index (κ2) is 2.05. The van der Waals surface area contributed by atoms with Gasteiger partial charge in [-0.25, -0.2) is 0 Å². The molecule has 0 unspecified atom stereocenters. The summed E-state index contributed by atoms with van der Waals surface area (Å²) >= 11 is 0. The topological polar surface area (TPSA) is 52.5 Å². The van der Waals surface area contributed by atoms with Gasteiger partial charge in [-0.15, -0.1) is 0 Å². The zero-order valence-electron chi connectivity index (χ0n) is 5.96.